The molecule has 0 aliphatic heterocycles. The van der Waals surface area contributed by atoms with Gasteiger partial charge < -0.3 is 15.2 Å². The molecule has 1 aromatic carbocycles. The van der Waals surface area contributed by atoms with Gasteiger partial charge in [-0.2, -0.15) is 18.2 Å². The smallest absolute Gasteiger partial charge is 0.356 e. The molecule has 158 valence electrons. The lowest BCUT2D eigenvalue weighted by atomic mass is 9.69. The maximum atomic E-state index is 13.2. The summed E-state index contributed by atoms with van der Waals surface area (Å²) in [6, 6.07) is 5.73. The largest absolute Gasteiger partial charge is 0.416 e. The molecule has 1 saturated carbocycles. The minimum Gasteiger partial charge on any atom is -0.356 e. The van der Waals surface area contributed by atoms with E-state index < -0.39 is 11.7 Å². The molecule has 0 spiro atoms. The minimum absolute atomic E-state index is 0.317. The van der Waals surface area contributed by atoms with Crippen molar-refractivity contribution in [3.8, 4) is 0 Å². The molecule has 1 fully saturated rings. The quantitative estimate of drug-likeness (QED) is 0.578. The zero-order valence-electron chi connectivity index (χ0n) is 16.6. The van der Waals surface area contributed by atoms with Crippen molar-refractivity contribution in [2.45, 2.75) is 57.2 Å². The lowest BCUT2D eigenvalue weighted by molar-refractivity contribution is -0.137. The third-order valence-corrected chi connectivity index (χ3v) is 5.41. The Morgan fingerprint density at radius 2 is 1.97 bits per heavy atom. The van der Waals surface area contributed by atoms with Gasteiger partial charge in [0.05, 0.1) is 12.1 Å². The van der Waals surface area contributed by atoms with Gasteiger partial charge in [-0.25, -0.2) is 0 Å². The van der Waals surface area contributed by atoms with E-state index in [0.717, 1.165) is 43.7 Å². The van der Waals surface area contributed by atoms with Crippen molar-refractivity contribution in [1.82, 2.24) is 20.8 Å². The molecule has 1 aliphatic carbocycles. The van der Waals surface area contributed by atoms with Crippen molar-refractivity contribution in [3.05, 3.63) is 47.1 Å². The summed E-state index contributed by atoms with van der Waals surface area (Å²) in [6.45, 7) is 2.55. The first kappa shape index (κ1) is 21.1. The van der Waals surface area contributed by atoms with Gasteiger partial charge >= 0.3 is 6.18 Å². The van der Waals surface area contributed by atoms with Crippen molar-refractivity contribution in [2.75, 3.05) is 13.6 Å². The highest BCUT2D eigenvalue weighted by Gasteiger charge is 2.37. The topological polar surface area (TPSA) is 75.3 Å². The Morgan fingerprint density at radius 1 is 1.21 bits per heavy atom. The van der Waals surface area contributed by atoms with Crippen molar-refractivity contribution in [2.24, 2.45) is 4.99 Å². The number of guanidine groups is 1. The van der Waals surface area contributed by atoms with Crippen molar-refractivity contribution in [3.63, 3.8) is 0 Å². The summed E-state index contributed by atoms with van der Waals surface area (Å²) in [7, 11) is 1.65. The number of aryl methyl sites for hydroxylation is 1. The summed E-state index contributed by atoms with van der Waals surface area (Å²) in [5, 5.41) is 10.1. The minimum atomic E-state index is -4.35. The average Bonchev–Trinajstić information content (AvgIpc) is 3.13. The number of halogens is 3. The van der Waals surface area contributed by atoms with Gasteiger partial charge in [-0.1, -0.05) is 42.6 Å². The molecule has 0 saturated heterocycles. The molecule has 6 nitrogen and oxygen atoms in total. The van der Waals surface area contributed by atoms with Crippen LogP contribution in [0.1, 0.15) is 54.9 Å². The molecular weight excluding hydrogens is 383 g/mol. The molecule has 0 atom stereocenters. The summed E-state index contributed by atoms with van der Waals surface area (Å²) in [5.74, 6) is 1.53. The highest BCUT2D eigenvalue weighted by molar-refractivity contribution is 5.79. The first-order chi connectivity index (χ1) is 13.8. The summed E-state index contributed by atoms with van der Waals surface area (Å²) in [5.41, 5.74) is -0.241. The summed E-state index contributed by atoms with van der Waals surface area (Å²) < 4.78 is 44.8. The zero-order valence-corrected chi connectivity index (χ0v) is 16.6. The first-order valence-electron chi connectivity index (χ1n) is 9.74. The van der Waals surface area contributed by atoms with E-state index in [1.54, 1.807) is 20.0 Å². The second kappa shape index (κ2) is 8.84. The lowest BCUT2D eigenvalue weighted by Crippen LogP contribution is -2.46. The molecule has 0 radical (unpaired) electrons. The SMILES string of the molecule is CN=C(NCc1nc(C)no1)NCC1(c2cccc(C(F)(F)F)c2)CCCCC1. The lowest BCUT2D eigenvalue weighted by Gasteiger charge is -2.38. The Morgan fingerprint density at radius 3 is 2.59 bits per heavy atom. The molecule has 0 bridgehead atoms. The number of alkyl halides is 3. The van der Waals surface area contributed by atoms with E-state index in [9.17, 15) is 13.2 Å². The Hall–Kier alpha value is -2.58. The maximum absolute atomic E-state index is 13.2. The highest BCUT2D eigenvalue weighted by Crippen LogP contribution is 2.41. The van der Waals surface area contributed by atoms with Crippen LogP contribution in [0.3, 0.4) is 0 Å². The Labute approximate surface area is 168 Å². The normalized spacial score (nSPS) is 17.2. The fourth-order valence-electron chi connectivity index (χ4n) is 3.87. The van der Waals surface area contributed by atoms with E-state index in [0.29, 0.717) is 30.8 Å². The van der Waals surface area contributed by atoms with Crippen LogP contribution in [0.2, 0.25) is 0 Å². The third-order valence-electron chi connectivity index (χ3n) is 5.41. The maximum Gasteiger partial charge on any atom is 0.416 e. The van der Waals surface area contributed by atoms with Crippen LogP contribution in [0.5, 0.6) is 0 Å². The summed E-state index contributed by atoms with van der Waals surface area (Å²) in [4.78, 5) is 8.33. The molecule has 2 N–H and O–H groups in total. The predicted molar refractivity (Wildman–Crippen MR) is 103 cm³/mol. The number of benzene rings is 1. The fourth-order valence-corrected chi connectivity index (χ4v) is 3.87. The van der Waals surface area contributed by atoms with Crippen LogP contribution in [0.25, 0.3) is 0 Å². The van der Waals surface area contributed by atoms with Crippen LogP contribution < -0.4 is 10.6 Å². The van der Waals surface area contributed by atoms with E-state index in [1.807, 2.05) is 0 Å². The van der Waals surface area contributed by atoms with E-state index in [2.05, 4.69) is 25.8 Å². The molecule has 2 aromatic rings. The fraction of sp³-hybridized carbons (Fsp3) is 0.550. The van der Waals surface area contributed by atoms with Crippen molar-refractivity contribution in [1.29, 1.82) is 0 Å². The number of aliphatic imine (C=N–C) groups is 1. The van der Waals surface area contributed by atoms with Gasteiger partial charge in [-0.15, -0.1) is 0 Å². The number of nitrogens with one attached hydrogen (secondary N) is 2. The predicted octanol–water partition coefficient (Wildman–Crippen LogP) is 3.96. The molecule has 1 heterocycles. The molecule has 0 amide bonds. The van der Waals surface area contributed by atoms with E-state index in [4.69, 9.17) is 4.52 Å². The van der Waals surface area contributed by atoms with Crippen molar-refractivity contribution >= 4 is 5.96 Å². The molecule has 9 heteroatoms. The van der Waals surface area contributed by atoms with E-state index in [-0.39, 0.29) is 5.41 Å². The summed E-state index contributed by atoms with van der Waals surface area (Å²) in [6.07, 6.45) is 0.405. The van der Waals surface area contributed by atoms with Gasteiger partial charge in [0.25, 0.3) is 0 Å². The van der Waals surface area contributed by atoms with Gasteiger partial charge in [0.1, 0.15) is 0 Å². The number of nitrogens with zero attached hydrogens (tertiary/aromatic N) is 3. The van der Waals surface area contributed by atoms with Crippen LogP contribution in [-0.4, -0.2) is 29.7 Å². The molecule has 0 unspecified atom stereocenters. The van der Waals surface area contributed by atoms with Crippen molar-refractivity contribution < 1.29 is 17.7 Å². The Balaban J connectivity index is 1.73. The Kier molecular flexibility index (Phi) is 6.44. The van der Waals surface area contributed by atoms with Crippen LogP contribution in [-0.2, 0) is 18.1 Å². The average molecular weight is 409 g/mol. The van der Waals surface area contributed by atoms with Crippen LogP contribution in [0.4, 0.5) is 13.2 Å². The Bertz CT molecular complexity index is 841. The highest BCUT2D eigenvalue weighted by atomic mass is 19.4. The molecule has 29 heavy (non-hydrogen) atoms. The van der Waals surface area contributed by atoms with E-state index in [1.165, 1.54) is 12.1 Å². The van der Waals surface area contributed by atoms with Gasteiger partial charge in [0.2, 0.25) is 5.89 Å². The monoisotopic (exact) mass is 409 g/mol. The van der Waals surface area contributed by atoms with E-state index >= 15 is 0 Å². The number of rotatable bonds is 5. The summed E-state index contributed by atoms with van der Waals surface area (Å²) >= 11 is 0. The second-order valence-corrected chi connectivity index (χ2v) is 7.43. The van der Waals surface area contributed by atoms with Gasteiger partial charge in [0.15, 0.2) is 11.8 Å². The second-order valence-electron chi connectivity index (χ2n) is 7.43. The van der Waals surface area contributed by atoms with Crippen LogP contribution in [0, 0.1) is 6.92 Å². The van der Waals surface area contributed by atoms with Crippen LogP contribution in [0.15, 0.2) is 33.8 Å². The third kappa shape index (κ3) is 5.27. The molecular formula is C20H26F3N5O. The number of hydrogen-bond acceptors (Lipinski definition) is 4. The standard InChI is InChI=1S/C20H26F3N5O/c1-14-27-17(29-28-14)12-25-18(24-2)26-13-19(9-4-3-5-10-19)15-7-6-8-16(11-15)20(21,22)23/h6-8,11H,3-5,9-10,12-13H2,1-2H3,(H2,24,25,26). The molecule has 3 rings (SSSR count). The zero-order chi connectivity index (χ0) is 20.9. The van der Waals surface area contributed by atoms with Crippen LogP contribution >= 0.6 is 0 Å². The number of aromatic nitrogens is 2. The van der Waals surface area contributed by atoms with Gasteiger partial charge in [-0.05, 0) is 31.4 Å². The molecule has 1 aromatic heterocycles. The first-order valence-corrected chi connectivity index (χ1v) is 9.74. The van der Waals surface area contributed by atoms with Gasteiger partial charge in [-0.3, -0.25) is 4.99 Å². The number of hydrogen-bond donors (Lipinski definition) is 2. The molecule has 1 aliphatic rings. The van der Waals surface area contributed by atoms with Gasteiger partial charge in [0, 0.05) is 19.0 Å².